The molecule has 0 saturated heterocycles. The number of amides is 1. The Morgan fingerprint density at radius 2 is 1.82 bits per heavy atom. The molecule has 2 heterocycles. The van der Waals surface area contributed by atoms with Crippen LogP contribution in [-0.2, 0) is 0 Å². The van der Waals surface area contributed by atoms with Crippen LogP contribution in [0.3, 0.4) is 0 Å². The van der Waals surface area contributed by atoms with Crippen molar-refractivity contribution in [2.24, 2.45) is 0 Å². The smallest absolute Gasteiger partial charge is 0.266 e. The van der Waals surface area contributed by atoms with Gasteiger partial charge in [0.1, 0.15) is 5.82 Å². The van der Waals surface area contributed by atoms with Gasteiger partial charge >= 0.3 is 0 Å². The minimum Gasteiger partial charge on any atom is -0.449 e. The van der Waals surface area contributed by atoms with Crippen molar-refractivity contribution in [3.8, 4) is 17.2 Å². The van der Waals surface area contributed by atoms with Crippen LogP contribution in [0.1, 0.15) is 24.2 Å². The van der Waals surface area contributed by atoms with Gasteiger partial charge in [0.2, 0.25) is 5.79 Å². The molecule has 0 atom stereocenters. The molecule has 0 radical (unpaired) electrons. The van der Waals surface area contributed by atoms with Gasteiger partial charge in [-0.2, -0.15) is 0 Å². The third-order valence-electron chi connectivity index (χ3n) is 5.17. The fourth-order valence-corrected chi connectivity index (χ4v) is 4.01. The second-order valence-corrected chi connectivity index (χ2v) is 8.39. The summed E-state index contributed by atoms with van der Waals surface area (Å²) in [6.07, 6.45) is 0. The minimum absolute atomic E-state index is 0.0218. The Kier molecular flexibility index (Phi) is 4.79. The van der Waals surface area contributed by atoms with Gasteiger partial charge < -0.3 is 19.8 Å². The van der Waals surface area contributed by atoms with E-state index in [9.17, 15) is 14.0 Å². The van der Waals surface area contributed by atoms with Crippen molar-refractivity contribution in [1.29, 1.82) is 0 Å². The lowest BCUT2D eigenvalue weighted by Crippen LogP contribution is -2.29. The molecule has 5 rings (SSSR count). The van der Waals surface area contributed by atoms with E-state index in [1.807, 2.05) is 0 Å². The summed E-state index contributed by atoms with van der Waals surface area (Å²) in [4.78, 5) is 28.8. The highest BCUT2D eigenvalue weighted by molar-refractivity contribution is 7.71. The Morgan fingerprint density at radius 1 is 1.06 bits per heavy atom. The van der Waals surface area contributed by atoms with Crippen LogP contribution in [0.4, 0.5) is 10.1 Å². The second-order valence-electron chi connectivity index (χ2n) is 8.00. The maximum Gasteiger partial charge on any atom is 0.266 e. The highest BCUT2D eigenvalue weighted by atomic mass is 32.1. The standard InChI is InChI=1S/C24H18FN3O4S/c1-24(2)31-19-10-8-14(12-20(19)32-24)26-21(29)13-7-9-15-17(11-13)27-23(33)28(22(15)30)18-6-4-3-5-16(18)25/h3-12H,1-2H3,(H,26,29)(H,27,33). The summed E-state index contributed by atoms with van der Waals surface area (Å²) in [6.45, 7) is 3.59. The molecular weight excluding hydrogens is 445 g/mol. The van der Waals surface area contributed by atoms with Crippen LogP contribution in [0.15, 0.2) is 65.5 Å². The Morgan fingerprint density at radius 3 is 2.61 bits per heavy atom. The molecule has 166 valence electrons. The van der Waals surface area contributed by atoms with Crippen LogP contribution in [0.2, 0.25) is 0 Å². The van der Waals surface area contributed by atoms with Gasteiger partial charge in [-0.3, -0.25) is 9.59 Å². The number of H-pyrrole nitrogens is 1. The van der Waals surface area contributed by atoms with E-state index in [0.717, 1.165) is 4.57 Å². The number of carbonyl (C=O) groups excluding carboxylic acids is 1. The van der Waals surface area contributed by atoms with E-state index in [4.69, 9.17) is 21.7 Å². The molecule has 33 heavy (non-hydrogen) atoms. The number of carbonyl (C=O) groups is 1. The molecule has 0 spiro atoms. The van der Waals surface area contributed by atoms with Gasteiger partial charge in [-0.25, -0.2) is 8.96 Å². The van der Waals surface area contributed by atoms with Crippen molar-refractivity contribution in [1.82, 2.24) is 9.55 Å². The zero-order chi connectivity index (χ0) is 23.3. The quantitative estimate of drug-likeness (QED) is 0.420. The lowest BCUT2D eigenvalue weighted by atomic mass is 10.1. The minimum atomic E-state index is -0.767. The van der Waals surface area contributed by atoms with E-state index in [1.54, 1.807) is 38.1 Å². The molecule has 0 saturated carbocycles. The molecule has 0 unspecified atom stereocenters. The largest absolute Gasteiger partial charge is 0.449 e. The lowest BCUT2D eigenvalue weighted by molar-refractivity contribution is -0.0431. The Labute approximate surface area is 192 Å². The van der Waals surface area contributed by atoms with Crippen LogP contribution in [0.5, 0.6) is 11.5 Å². The van der Waals surface area contributed by atoms with Crippen molar-refractivity contribution < 1.29 is 18.7 Å². The van der Waals surface area contributed by atoms with Gasteiger partial charge in [0.05, 0.1) is 16.6 Å². The van der Waals surface area contributed by atoms with Crippen molar-refractivity contribution in [3.05, 3.63) is 87.2 Å². The number of hydrogen-bond acceptors (Lipinski definition) is 5. The van der Waals surface area contributed by atoms with E-state index in [-0.39, 0.29) is 21.8 Å². The Bertz CT molecular complexity index is 1560. The number of fused-ring (bicyclic) bond motifs is 2. The summed E-state index contributed by atoms with van der Waals surface area (Å²) >= 11 is 5.30. The number of aromatic nitrogens is 2. The van der Waals surface area contributed by atoms with E-state index in [0.29, 0.717) is 28.3 Å². The molecule has 0 fully saturated rings. The molecule has 1 aromatic heterocycles. The van der Waals surface area contributed by atoms with Crippen LogP contribution in [-0.4, -0.2) is 21.2 Å². The predicted octanol–water partition coefficient (Wildman–Crippen LogP) is 4.95. The number of halogens is 1. The molecule has 9 heteroatoms. The number of anilines is 1. The number of hydrogen-bond donors (Lipinski definition) is 2. The lowest BCUT2D eigenvalue weighted by Gasteiger charge is -2.16. The van der Waals surface area contributed by atoms with Gasteiger partial charge in [0, 0.05) is 31.2 Å². The Hall–Kier alpha value is -3.98. The molecule has 1 amide bonds. The highest BCUT2D eigenvalue weighted by Gasteiger charge is 2.31. The fraction of sp³-hybridized carbons (Fsp3) is 0.125. The van der Waals surface area contributed by atoms with Crippen LogP contribution < -0.4 is 20.3 Å². The summed E-state index contributed by atoms with van der Waals surface area (Å²) in [5.41, 5.74) is 0.789. The first-order chi connectivity index (χ1) is 15.7. The first-order valence-electron chi connectivity index (χ1n) is 10.1. The summed E-state index contributed by atoms with van der Waals surface area (Å²) in [7, 11) is 0. The first-order valence-corrected chi connectivity index (χ1v) is 10.5. The number of para-hydroxylation sites is 1. The van der Waals surface area contributed by atoms with Crippen molar-refractivity contribution >= 4 is 34.7 Å². The summed E-state index contributed by atoms with van der Waals surface area (Å²) in [5, 5.41) is 3.08. The van der Waals surface area contributed by atoms with Crippen LogP contribution in [0.25, 0.3) is 16.6 Å². The van der Waals surface area contributed by atoms with E-state index in [2.05, 4.69) is 10.3 Å². The van der Waals surface area contributed by atoms with Gasteiger partial charge in [-0.15, -0.1) is 0 Å². The zero-order valence-electron chi connectivity index (χ0n) is 17.6. The average molecular weight is 463 g/mol. The maximum absolute atomic E-state index is 14.2. The Balaban J connectivity index is 1.48. The number of benzene rings is 3. The topological polar surface area (TPSA) is 85.4 Å². The van der Waals surface area contributed by atoms with E-state index >= 15 is 0 Å². The number of aromatic amines is 1. The SMILES string of the molecule is CC1(C)Oc2ccc(NC(=O)c3ccc4c(=O)n(-c5ccccc5F)c(=S)[nH]c4c3)cc2O1. The number of nitrogens with zero attached hydrogens (tertiary/aromatic N) is 1. The summed E-state index contributed by atoms with van der Waals surface area (Å²) < 4.78 is 26.7. The highest BCUT2D eigenvalue weighted by Crippen LogP contribution is 2.40. The zero-order valence-corrected chi connectivity index (χ0v) is 18.5. The van der Waals surface area contributed by atoms with Crippen LogP contribution >= 0.6 is 12.2 Å². The number of ether oxygens (including phenoxy) is 2. The normalized spacial score (nSPS) is 13.8. The van der Waals surface area contributed by atoms with Crippen molar-refractivity contribution in [2.75, 3.05) is 5.32 Å². The van der Waals surface area contributed by atoms with Gasteiger partial charge in [0.25, 0.3) is 11.5 Å². The third kappa shape index (κ3) is 3.76. The van der Waals surface area contributed by atoms with E-state index in [1.165, 1.54) is 36.4 Å². The van der Waals surface area contributed by atoms with Gasteiger partial charge in [-0.05, 0) is 54.7 Å². The summed E-state index contributed by atoms with van der Waals surface area (Å²) in [6, 6.07) is 15.6. The average Bonchev–Trinajstić information content (AvgIpc) is 3.07. The molecule has 2 N–H and O–H groups in total. The maximum atomic E-state index is 14.2. The molecular formula is C24H18FN3O4S. The molecule has 4 aromatic rings. The van der Waals surface area contributed by atoms with Crippen molar-refractivity contribution in [2.45, 2.75) is 19.6 Å². The third-order valence-corrected chi connectivity index (χ3v) is 5.45. The molecule has 1 aliphatic heterocycles. The number of rotatable bonds is 3. The van der Waals surface area contributed by atoms with Gasteiger partial charge in [-0.1, -0.05) is 12.1 Å². The monoisotopic (exact) mass is 463 g/mol. The molecule has 3 aromatic carbocycles. The fourth-order valence-electron chi connectivity index (χ4n) is 3.71. The summed E-state index contributed by atoms with van der Waals surface area (Å²) in [5.74, 6) is -0.581. The molecule has 1 aliphatic rings. The molecule has 0 bridgehead atoms. The van der Waals surface area contributed by atoms with Crippen LogP contribution in [0, 0.1) is 10.6 Å². The molecule has 7 nitrogen and oxygen atoms in total. The van der Waals surface area contributed by atoms with Gasteiger partial charge in [0.15, 0.2) is 16.3 Å². The molecule has 0 aliphatic carbocycles. The number of nitrogens with one attached hydrogen (secondary N) is 2. The first kappa shape index (κ1) is 20.9. The van der Waals surface area contributed by atoms with Crippen molar-refractivity contribution in [3.63, 3.8) is 0 Å². The predicted molar refractivity (Wildman–Crippen MR) is 124 cm³/mol. The van der Waals surface area contributed by atoms with E-state index < -0.39 is 17.2 Å². The second kappa shape index (κ2) is 7.56.